The fourth-order valence-corrected chi connectivity index (χ4v) is 2.50. The molecule has 0 saturated carbocycles. The van der Waals surface area contributed by atoms with Gasteiger partial charge in [-0.25, -0.2) is 0 Å². The number of benzene rings is 1. The Labute approximate surface area is 114 Å². The molecule has 0 aliphatic heterocycles. The first-order valence-electron chi connectivity index (χ1n) is 6.74. The average Bonchev–Trinajstić information content (AvgIpc) is 2.74. The van der Waals surface area contributed by atoms with Gasteiger partial charge in [-0.05, 0) is 31.4 Å². The highest BCUT2D eigenvalue weighted by atomic mass is 16.1. The zero-order valence-corrected chi connectivity index (χ0v) is 12.0. The van der Waals surface area contributed by atoms with Gasteiger partial charge in [-0.15, -0.1) is 0 Å². The molecule has 19 heavy (non-hydrogen) atoms. The topological polar surface area (TPSA) is 34.9 Å². The summed E-state index contributed by atoms with van der Waals surface area (Å²) in [7, 11) is 1.98. The van der Waals surface area contributed by atoms with Gasteiger partial charge in [-0.3, -0.25) is 9.48 Å². The van der Waals surface area contributed by atoms with E-state index in [0.29, 0.717) is 0 Å². The number of ketones is 1. The van der Waals surface area contributed by atoms with E-state index in [1.165, 1.54) is 11.3 Å². The van der Waals surface area contributed by atoms with E-state index in [1.54, 1.807) is 6.92 Å². The van der Waals surface area contributed by atoms with E-state index in [4.69, 9.17) is 0 Å². The molecule has 0 unspecified atom stereocenters. The van der Waals surface area contributed by atoms with Crippen molar-refractivity contribution in [2.24, 2.45) is 7.05 Å². The standard InChI is InChI=1S/C16H20N2O/c1-5-14-16(15(6-2)18(4)17-14)13-9-7-8-12(10-13)11(3)19/h7-10H,5-6H2,1-4H3. The second-order valence-corrected chi connectivity index (χ2v) is 4.74. The Morgan fingerprint density at radius 2 is 2.00 bits per heavy atom. The van der Waals surface area contributed by atoms with Gasteiger partial charge in [0.05, 0.1) is 5.69 Å². The molecule has 3 heteroatoms. The number of carbonyl (C=O) groups excluding carboxylic acids is 1. The lowest BCUT2D eigenvalue weighted by Crippen LogP contribution is -1.97. The van der Waals surface area contributed by atoms with E-state index in [0.717, 1.165) is 29.7 Å². The molecule has 0 radical (unpaired) electrons. The predicted octanol–water partition coefficient (Wildman–Crippen LogP) is 3.41. The van der Waals surface area contributed by atoms with Crippen LogP contribution in [0.5, 0.6) is 0 Å². The molecule has 2 aromatic rings. The van der Waals surface area contributed by atoms with Crippen LogP contribution in [-0.2, 0) is 19.9 Å². The molecule has 1 heterocycles. The lowest BCUT2D eigenvalue weighted by molar-refractivity contribution is 0.101. The molecule has 0 atom stereocenters. The van der Waals surface area contributed by atoms with E-state index in [-0.39, 0.29) is 5.78 Å². The van der Waals surface area contributed by atoms with Gasteiger partial charge in [-0.1, -0.05) is 32.0 Å². The number of hydrogen-bond acceptors (Lipinski definition) is 2. The van der Waals surface area contributed by atoms with E-state index < -0.39 is 0 Å². The molecular formula is C16H20N2O. The second-order valence-electron chi connectivity index (χ2n) is 4.74. The molecule has 0 aliphatic carbocycles. The van der Waals surface area contributed by atoms with Crippen molar-refractivity contribution < 1.29 is 4.79 Å². The summed E-state index contributed by atoms with van der Waals surface area (Å²) in [4.78, 5) is 11.5. The summed E-state index contributed by atoms with van der Waals surface area (Å²) in [5, 5.41) is 4.58. The summed E-state index contributed by atoms with van der Waals surface area (Å²) in [5.41, 5.74) is 5.35. The first-order chi connectivity index (χ1) is 9.08. The molecule has 3 nitrogen and oxygen atoms in total. The SMILES string of the molecule is CCc1nn(C)c(CC)c1-c1cccc(C(C)=O)c1. The Hall–Kier alpha value is -1.90. The third-order valence-corrected chi connectivity index (χ3v) is 3.47. The Balaban J connectivity index is 2.63. The van der Waals surface area contributed by atoms with Gasteiger partial charge in [-0.2, -0.15) is 5.10 Å². The molecule has 0 N–H and O–H groups in total. The molecule has 2 rings (SSSR count). The summed E-state index contributed by atoms with van der Waals surface area (Å²) in [6.07, 6.45) is 1.83. The molecule has 0 saturated heterocycles. The number of aryl methyl sites for hydroxylation is 2. The minimum Gasteiger partial charge on any atom is -0.295 e. The van der Waals surface area contributed by atoms with Crippen molar-refractivity contribution in [2.45, 2.75) is 33.6 Å². The molecule has 100 valence electrons. The van der Waals surface area contributed by atoms with Crippen molar-refractivity contribution in [1.29, 1.82) is 0 Å². The van der Waals surface area contributed by atoms with E-state index in [1.807, 2.05) is 29.9 Å². The number of carbonyl (C=O) groups is 1. The fourth-order valence-electron chi connectivity index (χ4n) is 2.50. The Bertz CT molecular complexity index is 611. The number of rotatable bonds is 4. The minimum atomic E-state index is 0.0989. The maximum Gasteiger partial charge on any atom is 0.159 e. The monoisotopic (exact) mass is 256 g/mol. The number of Topliss-reactive ketones (excluding diaryl/α,β-unsaturated/α-hetero) is 1. The third kappa shape index (κ3) is 2.46. The zero-order valence-electron chi connectivity index (χ0n) is 12.0. The highest BCUT2D eigenvalue weighted by molar-refractivity contribution is 5.95. The van der Waals surface area contributed by atoms with Gasteiger partial charge in [0, 0.05) is 23.9 Å². The van der Waals surface area contributed by atoms with Gasteiger partial charge in [0.1, 0.15) is 0 Å². The summed E-state index contributed by atoms with van der Waals surface area (Å²) in [5.74, 6) is 0.0989. The van der Waals surface area contributed by atoms with Crippen molar-refractivity contribution in [3.05, 3.63) is 41.2 Å². The van der Waals surface area contributed by atoms with Crippen LogP contribution in [0.4, 0.5) is 0 Å². The molecule has 0 bridgehead atoms. The lowest BCUT2D eigenvalue weighted by Gasteiger charge is -2.06. The molecule has 1 aromatic carbocycles. The largest absolute Gasteiger partial charge is 0.295 e. The van der Waals surface area contributed by atoms with Gasteiger partial charge in [0.25, 0.3) is 0 Å². The minimum absolute atomic E-state index is 0.0989. The highest BCUT2D eigenvalue weighted by Gasteiger charge is 2.15. The summed E-state index contributed by atoms with van der Waals surface area (Å²) < 4.78 is 1.95. The van der Waals surface area contributed by atoms with Crippen LogP contribution in [0.2, 0.25) is 0 Å². The normalized spacial score (nSPS) is 10.7. The summed E-state index contributed by atoms with van der Waals surface area (Å²) in [6.45, 7) is 5.85. The molecule has 0 amide bonds. The Morgan fingerprint density at radius 3 is 2.58 bits per heavy atom. The molecule has 1 aromatic heterocycles. The van der Waals surface area contributed by atoms with Crippen molar-refractivity contribution in [3.8, 4) is 11.1 Å². The maximum absolute atomic E-state index is 11.5. The van der Waals surface area contributed by atoms with E-state index >= 15 is 0 Å². The summed E-state index contributed by atoms with van der Waals surface area (Å²) in [6, 6.07) is 7.83. The average molecular weight is 256 g/mol. The first-order valence-corrected chi connectivity index (χ1v) is 6.74. The van der Waals surface area contributed by atoms with Crippen molar-refractivity contribution in [2.75, 3.05) is 0 Å². The van der Waals surface area contributed by atoms with Crippen molar-refractivity contribution in [3.63, 3.8) is 0 Å². The number of aromatic nitrogens is 2. The van der Waals surface area contributed by atoms with Crippen LogP contribution >= 0.6 is 0 Å². The molecular weight excluding hydrogens is 236 g/mol. The third-order valence-electron chi connectivity index (χ3n) is 3.47. The van der Waals surface area contributed by atoms with Crippen LogP contribution in [0.3, 0.4) is 0 Å². The summed E-state index contributed by atoms with van der Waals surface area (Å²) >= 11 is 0. The van der Waals surface area contributed by atoms with Gasteiger partial charge >= 0.3 is 0 Å². The van der Waals surface area contributed by atoms with Crippen LogP contribution < -0.4 is 0 Å². The van der Waals surface area contributed by atoms with E-state index in [9.17, 15) is 4.79 Å². The van der Waals surface area contributed by atoms with Crippen LogP contribution in [0.15, 0.2) is 24.3 Å². The number of hydrogen-bond donors (Lipinski definition) is 0. The molecule has 0 spiro atoms. The van der Waals surface area contributed by atoms with Gasteiger partial charge in [0.15, 0.2) is 5.78 Å². The second kappa shape index (κ2) is 5.39. The smallest absolute Gasteiger partial charge is 0.159 e. The lowest BCUT2D eigenvalue weighted by atomic mass is 9.98. The maximum atomic E-state index is 11.5. The Kier molecular flexibility index (Phi) is 3.84. The van der Waals surface area contributed by atoms with Crippen molar-refractivity contribution in [1.82, 2.24) is 9.78 Å². The van der Waals surface area contributed by atoms with Gasteiger partial charge < -0.3 is 0 Å². The molecule has 0 fully saturated rings. The van der Waals surface area contributed by atoms with Gasteiger partial charge in [0.2, 0.25) is 0 Å². The predicted molar refractivity (Wildman–Crippen MR) is 77.4 cm³/mol. The zero-order chi connectivity index (χ0) is 14.0. The first kappa shape index (κ1) is 13.5. The van der Waals surface area contributed by atoms with Crippen LogP contribution in [0.1, 0.15) is 42.5 Å². The van der Waals surface area contributed by atoms with Crippen LogP contribution in [-0.4, -0.2) is 15.6 Å². The van der Waals surface area contributed by atoms with Crippen LogP contribution in [0, 0.1) is 0 Å². The fraction of sp³-hybridized carbons (Fsp3) is 0.375. The highest BCUT2D eigenvalue weighted by Crippen LogP contribution is 2.29. The number of nitrogens with zero attached hydrogens (tertiary/aromatic N) is 2. The molecule has 0 aliphatic rings. The van der Waals surface area contributed by atoms with E-state index in [2.05, 4.69) is 25.0 Å². The quantitative estimate of drug-likeness (QED) is 0.786. The Morgan fingerprint density at radius 1 is 1.26 bits per heavy atom. The van der Waals surface area contributed by atoms with Crippen molar-refractivity contribution >= 4 is 5.78 Å². The van der Waals surface area contributed by atoms with Crippen LogP contribution in [0.25, 0.3) is 11.1 Å².